The number of aromatic nitrogens is 1. The van der Waals surface area contributed by atoms with Crippen molar-refractivity contribution in [2.24, 2.45) is 15.9 Å². The molecule has 3 atom stereocenters. The van der Waals surface area contributed by atoms with Gasteiger partial charge in [-0.05, 0) is 56.1 Å². The maximum Gasteiger partial charge on any atom is 0.246 e. The molecular weight excluding hydrogens is 542 g/mol. The van der Waals surface area contributed by atoms with Crippen LogP contribution in [0.3, 0.4) is 0 Å². The molecular formula is C31H38F2N6O3. The third kappa shape index (κ3) is 5.77. The molecule has 42 heavy (non-hydrogen) atoms. The highest BCUT2D eigenvalue weighted by Gasteiger charge is 2.38. The number of carbonyl (C=O) groups is 2. The molecule has 1 aromatic rings. The van der Waals surface area contributed by atoms with Crippen LogP contribution in [0, 0.1) is 11.7 Å². The molecule has 4 rings (SSSR count). The number of aliphatic hydroxyl groups excluding tert-OH is 1. The Hall–Kier alpha value is -4.15. The van der Waals surface area contributed by atoms with Gasteiger partial charge in [-0.2, -0.15) is 0 Å². The molecule has 0 saturated carbocycles. The summed E-state index contributed by atoms with van der Waals surface area (Å²) in [5.74, 6) is -1.66. The molecule has 224 valence electrons. The topological polar surface area (TPSA) is 102 Å². The summed E-state index contributed by atoms with van der Waals surface area (Å²) >= 11 is 0. The monoisotopic (exact) mass is 580 g/mol. The first-order valence-corrected chi connectivity index (χ1v) is 14.1. The standard InChI is InChI=1S/C31H38F2N6O3/c1-7-25(42)37-13-14-38(20(5)16-37)30(34-6)21-15-23(33)28(26-22(32)9-8-10-24(26)41)36-31(21)39(17-40)29-19(4)11-12-35-27(29)18(2)3/h7,9,11-12,15,17-18,20,27,29,41H,1,8,10,13-14,16H2,2-6H3/b34-30+. The second kappa shape index (κ2) is 12.8. The number of aliphatic hydroxyl groups is 1. The van der Waals surface area contributed by atoms with Crippen LogP contribution >= 0.6 is 0 Å². The Balaban J connectivity index is 1.91. The van der Waals surface area contributed by atoms with E-state index in [9.17, 15) is 14.7 Å². The zero-order chi connectivity index (χ0) is 30.7. The van der Waals surface area contributed by atoms with Gasteiger partial charge in [0.15, 0.2) is 5.82 Å². The average molecular weight is 581 g/mol. The highest BCUT2D eigenvalue weighted by atomic mass is 19.1. The summed E-state index contributed by atoms with van der Waals surface area (Å²) < 4.78 is 31.0. The van der Waals surface area contributed by atoms with Gasteiger partial charge >= 0.3 is 0 Å². The Kier molecular flexibility index (Phi) is 9.38. The summed E-state index contributed by atoms with van der Waals surface area (Å²) in [4.78, 5) is 43.9. The van der Waals surface area contributed by atoms with E-state index in [1.165, 1.54) is 23.1 Å². The fourth-order valence-corrected chi connectivity index (χ4v) is 5.85. The van der Waals surface area contributed by atoms with Gasteiger partial charge in [0.1, 0.15) is 28.9 Å². The number of piperazine rings is 1. The number of rotatable bonds is 7. The minimum atomic E-state index is -0.866. The van der Waals surface area contributed by atoms with Crippen molar-refractivity contribution in [3.63, 3.8) is 0 Å². The number of nitrogens with zero attached hydrogens (tertiary/aromatic N) is 6. The molecule has 1 aliphatic carbocycles. The fourth-order valence-electron chi connectivity index (χ4n) is 5.85. The quantitative estimate of drug-likeness (QED) is 0.220. The Morgan fingerprint density at radius 1 is 1.31 bits per heavy atom. The van der Waals surface area contributed by atoms with Gasteiger partial charge in [-0.15, -0.1) is 0 Å². The Labute approximate surface area is 245 Å². The number of pyridine rings is 1. The summed E-state index contributed by atoms with van der Waals surface area (Å²) in [5, 5.41) is 10.6. The lowest BCUT2D eigenvalue weighted by Gasteiger charge is -2.42. The lowest BCUT2D eigenvalue weighted by molar-refractivity contribution is -0.128. The predicted molar refractivity (Wildman–Crippen MR) is 161 cm³/mol. The van der Waals surface area contributed by atoms with Crippen LogP contribution in [0.4, 0.5) is 14.6 Å². The number of carbonyl (C=O) groups excluding carboxylic acids is 2. The molecule has 0 spiro atoms. The zero-order valence-corrected chi connectivity index (χ0v) is 24.7. The van der Waals surface area contributed by atoms with Crippen molar-refractivity contribution in [1.29, 1.82) is 0 Å². The number of hydrogen-bond acceptors (Lipinski definition) is 6. The minimum absolute atomic E-state index is 0.0426. The van der Waals surface area contributed by atoms with Crippen LogP contribution < -0.4 is 4.90 Å². The van der Waals surface area contributed by atoms with Gasteiger partial charge < -0.3 is 14.9 Å². The van der Waals surface area contributed by atoms with Gasteiger partial charge in [-0.3, -0.25) is 24.5 Å². The van der Waals surface area contributed by atoms with Crippen LogP contribution in [0.25, 0.3) is 5.57 Å². The molecule has 0 bridgehead atoms. The number of halogens is 2. The average Bonchev–Trinajstić information content (AvgIpc) is 2.96. The van der Waals surface area contributed by atoms with Gasteiger partial charge in [-0.25, -0.2) is 13.8 Å². The Morgan fingerprint density at radius 3 is 2.64 bits per heavy atom. The van der Waals surface area contributed by atoms with E-state index in [1.54, 1.807) is 18.2 Å². The van der Waals surface area contributed by atoms with Crippen molar-refractivity contribution in [1.82, 2.24) is 14.8 Å². The van der Waals surface area contributed by atoms with Crippen LogP contribution in [-0.4, -0.2) is 89.1 Å². The molecule has 3 aliphatic rings. The molecule has 3 heterocycles. The van der Waals surface area contributed by atoms with E-state index < -0.39 is 23.4 Å². The Bertz CT molecular complexity index is 1410. The molecule has 3 unspecified atom stereocenters. The van der Waals surface area contributed by atoms with E-state index >= 15 is 8.78 Å². The molecule has 1 fully saturated rings. The van der Waals surface area contributed by atoms with E-state index in [4.69, 9.17) is 0 Å². The molecule has 1 N–H and O–H groups in total. The van der Waals surface area contributed by atoms with E-state index in [2.05, 4.69) is 21.5 Å². The van der Waals surface area contributed by atoms with E-state index in [0.29, 0.717) is 31.9 Å². The normalized spacial score (nSPS) is 23.1. The summed E-state index contributed by atoms with van der Waals surface area (Å²) in [6.45, 7) is 12.5. The fraction of sp³-hybridized carbons (Fsp3) is 0.452. The number of amides is 2. The number of aliphatic imine (C=N–C) groups is 2. The molecule has 2 amide bonds. The summed E-state index contributed by atoms with van der Waals surface area (Å²) in [5.41, 5.74) is 0.358. The van der Waals surface area contributed by atoms with Gasteiger partial charge in [0.2, 0.25) is 12.3 Å². The smallest absolute Gasteiger partial charge is 0.246 e. The second-order valence-electron chi connectivity index (χ2n) is 11.1. The third-order valence-corrected chi connectivity index (χ3v) is 7.99. The van der Waals surface area contributed by atoms with Gasteiger partial charge in [-0.1, -0.05) is 20.4 Å². The number of hydrogen-bond donors (Lipinski definition) is 1. The number of allylic oxidation sites excluding steroid dienone is 5. The highest BCUT2D eigenvalue weighted by molar-refractivity contribution is 6.05. The summed E-state index contributed by atoms with van der Waals surface area (Å²) in [6, 6.07) is 0.111. The molecule has 0 aromatic carbocycles. The third-order valence-electron chi connectivity index (χ3n) is 7.99. The molecule has 1 aromatic heterocycles. The van der Waals surface area contributed by atoms with Gasteiger partial charge in [0.25, 0.3) is 0 Å². The van der Waals surface area contributed by atoms with E-state index in [-0.39, 0.29) is 59.5 Å². The molecule has 11 heteroatoms. The lowest BCUT2D eigenvalue weighted by atomic mass is 9.89. The van der Waals surface area contributed by atoms with Crippen molar-refractivity contribution in [2.75, 3.05) is 31.6 Å². The second-order valence-corrected chi connectivity index (χ2v) is 11.1. The zero-order valence-electron chi connectivity index (χ0n) is 24.7. The van der Waals surface area contributed by atoms with Crippen LogP contribution in [-0.2, 0) is 9.59 Å². The molecule has 1 saturated heterocycles. The summed E-state index contributed by atoms with van der Waals surface area (Å²) in [7, 11) is 1.56. The lowest BCUT2D eigenvalue weighted by Crippen LogP contribution is -2.55. The molecule has 2 aliphatic heterocycles. The van der Waals surface area contributed by atoms with Gasteiger partial charge in [0, 0.05) is 45.4 Å². The van der Waals surface area contributed by atoms with E-state index in [1.807, 2.05) is 38.7 Å². The van der Waals surface area contributed by atoms with Crippen LogP contribution in [0.5, 0.6) is 0 Å². The Morgan fingerprint density at radius 2 is 2.05 bits per heavy atom. The largest absolute Gasteiger partial charge is 0.511 e. The van der Waals surface area contributed by atoms with Crippen molar-refractivity contribution < 1.29 is 23.5 Å². The maximum absolute atomic E-state index is 15.9. The first-order valence-electron chi connectivity index (χ1n) is 14.1. The maximum atomic E-state index is 15.9. The minimum Gasteiger partial charge on any atom is -0.511 e. The number of dihydropyridines is 1. The van der Waals surface area contributed by atoms with Crippen LogP contribution in [0.2, 0.25) is 0 Å². The van der Waals surface area contributed by atoms with Crippen LogP contribution in [0.15, 0.2) is 58.0 Å². The SMILES string of the molecule is C=CC(=O)N1CCN(/C(=N/C)c2cc(F)c(C3=C(O)CCC=C3F)nc2N(C=O)C2C(C)=CC=NC2C(C)C)C(C)C1. The number of anilines is 1. The van der Waals surface area contributed by atoms with Crippen molar-refractivity contribution >= 4 is 35.8 Å². The predicted octanol–water partition coefficient (Wildman–Crippen LogP) is 4.62. The molecule has 0 radical (unpaired) electrons. The highest BCUT2D eigenvalue weighted by Crippen LogP contribution is 2.37. The van der Waals surface area contributed by atoms with Crippen molar-refractivity contribution in [3.05, 3.63) is 65.1 Å². The first-order chi connectivity index (χ1) is 20.0. The molecule has 9 nitrogen and oxygen atoms in total. The van der Waals surface area contributed by atoms with Gasteiger partial charge in [0.05, 0.1) is 23.2 Å². The van der Waals surface area contributed by atoms with Crippen molar-refractivity contribution in [2.45, 2.75) is 58.7 Å². The summed E-state index contributed by atoms with van der Waals surface area (Å²) in [6.07, 6.45) is 7.12. The first kappa shape index (κ1) is 30.8. The number of amidine groups is 1. The van der Waals surface area contributed by atoms with Crippen LogP contribution in [0.1, 0.15) is 51.8 Å². The van der Waals surface area contributed by atoms with E-state index in [0.717, 1.165) is 5.57 Å². The van der Waals surface area contributed by atoms with Crippen molar-refractivity contribution in [3.8, 4) is 0 Å².